The van der Waals surface area contributed by atoms with Crippen molar-refractivity contribution in [1.82, 2.24) is 18.8 Å². The van der Waals surface area contributed by atoms with Crippen LogP contribution in [0.15, 0.2) is 35.5 Å². The number of nitrogens with zero attached hydrogens (tertiary/aromatic N) is 4. The van der Waals surface area contributed by atoms with Crippen molar-refractivity contribution in [3.8, 4) is 5.75 Å². The molecule has 0 spiro atoms. The van der Waals surface area contributed by atoms with Crippen LogP contribution in [0.1, 0.15) is 17.8 Å². The van der Waals surface area contributed by atoms with E-state index in [1.165, 1.54) is 10.5 Å². The number of amides is 1. The Labute approximate surface area is 165 Å². The largest absolute Gasteiger partial charge is 0.497 e. The highest BCUT2D eigenvalue weighted by Gasteiger charge is 2.30. The van der Waals surface area contributed by atoms with E-state index in [2.05, 4.69) is 4.98 Å². The van der Waals surface area contributed by atoms with Crippen molar-refractivity contribution < 1.29 is 17.9 Å². The van der Waals surface area contributed by atoms with Crippen LogP contribution in [0.2, 0.25) is 0 Å². The minimum Gasteiger partial charge on any atom is -0.497 e. The molecule has 1 aliphatic heterocycles. The van der Waals surface area contributed by atoms with Gasteiger partial charge >= 0.3 is 0 Å². The van der Waals surface area contributed by atoms with Gasteiger partial charge in [0.1, 0.15) is 11.6 Å². The summed E-state index contributed by atoms with van der Waals surface area (Å²) >= 11 is 0. The number of aryl methyl sites for hydroxylation is 2. The predicted octanol–water partition coefficient (Wildman–Crippen LogP) is 1.20. The van der Waals surface area contributed by atoms with Gasteiger partial charge in [-0.05, 0) is 31.0 Å². The first-order chi connectivity index (χ1) is 13.3. The lowest BCUT2D eigenvalue weighted by Gasteiger charge is -2.21. The van der Waals surface area contributed by atoms with Gasteiger partial charge in [0.05, 0.1) is 13.5 Å². The highest BCUT2D eigenvalue weighted by atomic mass is 32.2. The third-order valence-electron chi connectivity index (χ3n) is 4.99. The Hall–Kier alpha value is -2.39. The number of rotatable bonds is 5. The van der Waals surface area contributed by atoms with E-state index in [0.717, 1.165) is 5.56 Å². The average Bonchev–Trinajstić information content (AvgIpc) is 2.88. The molecular weight excluding hydrogens is 380 g/mol. The fraction of sp³-hybridized carbons (Fsp3) is 0.474. The molecule has 8 nitrogen and oxygen atoms in total. The highest BCUT2D eigenvalue weighted by molar-refractivity contribution is 7.89. The summed E-state index contributed by atoms with van der Waals surface area (Å²) in [4.78, 5) is 18.6. The Balaban J connectivity index is 1.66. The molecule has 1 aromatic carbocycles. The van der Waals surface area contributed by atoms with Crippen LogP contribution in [0.3, 0.4) is 0 Å². The molecule has 0 bridgehead atoms. The molecule has 0 radical (unpaired) electrons. The number of imidazole rings is 1. The second-order valence-electron chi connectivity index (χ2n) is 6.90. The SMILES string of the molecule is COc1cccc(CC(=O)N2CCCN(S(=O)(=O)c3cn(C)c(C)n3)CC2)c1. The molecule has 2 heterocycles. The van der Waals surface area contributed by atoms with E-state index in [1.807, 2.05) is 24.3 Å². The molecule has 0 aliphatic carbocycles. The lowest BCUT2D eigenvalue weighted by atomic mass is 10.1. The normalized spacial score (nSPS) is 16.0. The second kappa shape index (κ2) is 8.32. The standard InChI is InChI=1S/C19H26N4O4S/c1-15-20-18(14-21(15)2)28(25,26)23-9-5-8-22(10-11-23)19(24)13-16-6-4-7-17(12-16)27-3/h4,6-7,12,14H,5,8-11,13H2,1-3H3. The predicted molar refractivity (Wildman–Crippen MR) is 105 cm³/mol. The number of hydrogen-bond donors (Lipinski definition) is 0. The summed E-state index contributed by atoms with van der Waals surface area (Å²) in [5.41, 5.74) is 0.877. The van der Waals surface area contributed by atoms with Crippen LogP contribution in [-0.4, -0.2) is 66.4 Å². The smallest absolute Gasteiger partial charge is 0.262 e. The van der Waals surface area contributed by atoms with Crippen LogP contribution in [0.25, 0.3) is 0 Å². The van der Waals surface area contributed by atoms with Crippen molar-refractivity contribution in [3.63, 3.8) is 0 Å². The first-order valence-electron chi connectivity index (χ1n) is 9.22. The van der Waals surface area contributed by atoms with Crippen LogP contribution < -0.4 is 4.74 Å². The van der Waals surface area contributed by atoms with Crippen molar-refractivity contribution in [3.05, 3.63) is 41.9 Å². The van der Waals surface area contributed by atoms with Gasteiger partial charge in [-0.3, -0.25) is 4.79 Å². The average molecular weight is 407 g/mol. The third-order valence-corrected chi connectivity index (χ3v) is 6.76. The summed E-state index contributed by atoms with van der Waals surface area (Å²) in [6.07, 6.45) is 2.39. The van der Waals surface area contributed by atoms with Gasteiger partial charge < -0.3 is 14.2 Å². The summed E-state index contributed by atoms with van der Waals surface area (Å²) in [5.74, 6) is 1.34. The molecule has 9 heteroatoms. The highest BCUT2D eigenvalue weighted by Crippen LogP contribution is 2.18. The minimum absolute atomic E-state index is 0.0128. The Morgan fingerprint density at radius 3 is 2.68 bits per heavy atom. The molecule has 28 heavy (non-hydrogen) atoms. The number of methoxy groups -OCH3 is 1. The topological polar surface area (TPSA) is 84.7 Å². The van der Waals surface area contributed by atoms with Gasteiger partial charge in [-0.25, -0.2) is 13.4 Å². The van der Waals surface area contributed by atoms with Crippen molar-refractivity contribution in [2.75, 3.05) is 33.3 Å². The van der Waals surface area contributed by atoms with Crippen molar-refractivity contribution in [1.29, 1.82) is 0 Å². The van der Waals surface area contributed by atoms with Crippen LogP contribution in [0, 0.1) is 6.92 Å². The van der Waals surface area contributed by atoms with Crippen molar-refractivity contribution >= 4 is 15.9 Å². The summed E-state index contributed by atoms with van der Waals surface area (Å²) in [7, 11) is -0.299. The van der Waals surface area contributed by atoms with Gasteiger partial charge in [-0.2, -0.15) is 4.31 Å². The first kappa shape index (κ1) is 20.3. The fourth-order valence-corrected chi connectivity index (χ4v) is 4.73. The van der Waals surface area contributed by atoms with Gasteiger partial charge in [0.25, 0.3) is 10.0 Å². The Morgan fingerprint density at radius 2 is 2.00 bits per heavy atom. The summed E-state index contributed by atoms with van der Waals surface area (Å²) < 4.78 is 34.1. The minimum atomic E-state index is -3.66. The molecule has 1 saturated heterocycles. The fourth-order valence-electron chi connectivity index (χ4n) is 3.24. The van der Waals surface area contributed by atoms with Gasteiger partial charge in [0.15, 0.2) is 5.03 Å². The van der Waals surface area contributed by atoms with E-state index in [-0.39, 0.29) is 23.9 Å². The number of sulfonamides is 1. The molecule has 1 fully saturated rings. The summed E-state index contributed by atoms with van der Waals surface area (Å²) in [5, 5.41) is 0.0589. The Morgan fingerprint density at radius 1 is 1.21 bits per heavy atom. The maximum Gasteiger partial charge on any atom is 0.262 e. The monoisotopic (exact) mass is 406 g/mol. The number of ether oxygens (including phenoxy) is 1. The Kier molecular flexibility index (Phi) is 6.04. The maximum absolute atomic E-state index is 12.9. The van der Waals surface area contributed by atoms with Gasteiger partial charge in [0.2, 0.25) is 5.91 Å². The lowest BCUT2D eigenvalue weighted by molar-refractivity contribution is -0.130. The number of hydrogen-bond acceptors (Lipinski definition) is 5. The van der Waals surface area contributed by atoms with Crippen LogP contribution in [-0.2, 0) is 28.3 Å². The molecule has 0 saturated carbocycles. The van der Waals surface area contributed by atoms with E-state index >= 15 is 0 Å². The van der Waals surface area contributed by atoms with Crippen molar-refractivity contribution in [2.45, 2.75) is 24.8 Å². The molecule has 1 aromatic heterocycles. The number of carbonyl (C=O) groups excluding carboxylic acids is 1. The second-order valence-corrected chi connectivity index (χ2v) is 8.79. The van der Waals surface area contributed by atoms with E-state index < -0.39 is 10.0 Å². The molecule has 0 unspecified atom stereocenters. The van der Waals surface area contributed by atoms with Gasteiger partial charge in [-0.1, -0.05) is 12.1 Å². The first-order valence-corrected chi connectivity index (χ1v) is 10.7. The molecule has 1 amide bonds. The third kappa shape index (κ3) is 4.36. The molecule has 1 aliphatic rings. The van der Waals surface area contributed by atoms with E-state index in [0.29, 0.717) is 37.6 Å². The number of benzene rings is 1. The number of aromatic nitrogens is 2. The zero-order valence-electron chi connectivity index (χ0n) is 16.5. The zero-order valence-corrected chi connectivity index (χ0v) is 17.3. The van der Waals surface area contributed by atoms with E-state index in [1.54, 1.807) is 30.5 Å². The van der Waals surface area contributed by atoms with Gasteiger partial charge in [0, 0.05) is 39.4 Å². The van der Waals surface area contributed by atoms with Crippen molar-refractivity contribution in [2.24, 2.45) is 7.05 Å². The number of carbonyl (C=O) groups is 1. The van der Waals surface area contributed by atoms with Crippen LogP contribution in [0.5, 0.6) is 5.75 Å². The molecule has 152 valence electrons. The van der Waals surface area contributed by atoms with E-state index in [4.69, 9.17) is 4.74 Å². The quantitative estimate of drug-likeness (QED) is 0.745. The maximum atomic E-state index is 12.9. The van der Waals surface area contributed by atoms with Gasteiger partial charge in [-0.15, -0.1) is 0 Å². The van der Waals surface area contributed by atoms with Crippen LogP contribution in [0.4, 0.5) is 0 Å². The molecule has 3 rings (SSSR count). The molecule has 0 atom stereocenters. The van der Waals surface area contributed by atoms with Crippen LogP contribution >= 0.6 is 0 Å². The molecule has 2 aromatic rings. The zero-order chi connectivity index (χ0) is 20.3. The summed E-state index contributed by atoms with van der Waals surface area (Å²) in [6, 6.07) is 7.42. The lowest BCUT2D eigenvalue weighted by Crippen LogP contribution is -2.38. The molecule has 0 N–H and O–H groups in total. The van der Waals surface area contributed by atoms with E-state index in [9.17, 15) is 13.2 Å². The summed E-state index contributed by atoms with van der Waals surface area (Å²) in [6.45, 7) is 3.31. The molecular formula is C19H26N4O4S. The Bertz CT molecular complexity index is 935.